The summed E-state index contributed by atoms with van der Waals surface area (Å²) in [4.78, 5) is 50.9. The van der Waals surface area contributed by atoms with Crippen LogP contribution >= 0.6 is 0 Å². The summed E-state index contributed by atoms with van der Waals surface area (Å²) in [6.07, 6.45) is 5.65. The van der Waals surface area contributed by atoms with E-state index in [9.17, 15) is 14.4 Å². The molecule has 2 fully saturated rings. The molecule has 9 heteroatoms. The maximum absolute atomic E-state index is 13.1. The number of piperazine rings is 1. The van der Waals surface area contributed by atoms with Gasteiger partial charge in [-0.15, -0.1) is 0 Å². The number of imidazole rings is 1. The van der Waals surface area contributed by atoms with Gasteiger partial charge in [0.1, 0.15) is 17.2 Å². The SMILES string of the molecule is CC(C)c1nccn1-c1cccc([C@H]2CCCN2C(=O)CCC(=O)N2CCNC(=O)C2(C)C)n1. The van der Waals surface area contributed by atoms with E-state index in [0.717, 1.165) is 30.2 Å². The highest BCUT2D eigenvalue weighted by Gasteiger charge is 2.40. The van der Waals surface area contributed by atoms with Crippen molar-refractivity contribution in [3.63, 3.8) is 0 Å². The number of carbonyl (C=O) groups is 3. The average Bonchev–Trinajstić information content (AvgIpc) is 3.49. The van der Waals surface area contributed by atoms with E-state index < -0.39 is 5.54 Å². The van der Waals surface area contributed by atoms with Gasteiger partial charge in [0.25, 0.3) is 0 Å². The lowest BCUT2D eigenvalue weighted by Crippen LogP contribution is -2.63. The summed E-state index contributed by atoms with van der Waals surface area (Å²) in [6, 6.07) is 5.78. The summed E-state index contributed by atoms with van der Waals surface area (Å²) < 4.78 is 1.99. The molecule has 0 aliphatic carbocycles. The molecule has 1 atom stereocenters. The second-order valence-electron chi connectivity index (χ2n) is 9.84. The van der Waals surface area contributed by atoms with Crippen molar-refractivity contribution in [2.24, 2.45) is 0 Å². The maximum atomic E-state index is 13.1. The van der Waals surface area contributed by atoms with Crippen LogP contribution in [0.1, 0.15) is 76.9 Å². The highest BCUT2D eigenvalue weighted by molar-refractivity contribution is 5.93. The van der Waals surface area contributed by atoms with Gasteiger partial charge < -0.3 is 15.1 Å². The van der Waals surface area contributed by atoms with Crippen molar-refractivity contribution in [2.45, 2.75) is 70.9 Å². The van der Waals surface area contributed by atoms with E-state index in [4.69, 9.17) is 4.98 Å². The first kappa shape index (κ1) is 23.9. The molecule has 0 saturated carbocycles. The minimum absolute atomic E-state index is 0.0483. The summed E-state index contributed by atoms with van der Waals surface area (Å²) in [7, 11) is 0. The molecule has 9 nitrogen and oxygen atoms in total. The summed E-state index contributed by atoms with van der Waals surface area (Å²) >= 11 is 0. The maximum Gasteiger partial charge on any atom is 0.245 e. The monoisotopic (exact) mass is 466 g/mol. The largest absolute Gasteiger partial charge is 0.352 e. The fourth-order valence-corrected chi connectivity index (χ4v) is 4.90. The predicted molar refractivity (Wildman–Crippen MR) is 127 cm³/mol. The Kier molecular flexibility index (Phi) is 6.72. The van der Waals surface area contributed by atoms with Crippen molar-refractivity contribution in [3.8, 4) is 5.82 Å². The second kappa shape index (κ2) is 9.56. The molecule has 2 aromatic heterocycles. The number of likely N-dealkylation sites (tertiary alicyclic amines) is 1. The summed E-state index contributed by atoms with van der Waals surface area (Å²) in [5, 5.41) is 2.79. The van der Waals surface area contributed by atoms with Crippen molar-refractivity contribution < 1.29 is 14.4 Å². The van der Waals surface area contributed by atoms with Crippen LogP contribution in [-0.2, 0) is 14.4 Å². The zero-order valence-electron chi connectivity index (χ0n) is 20.5. The number of aromatic nitrogens is 3. The molecule has 0 unspecified atom stereocenters. The fourth-order valence-electron chi connectivity index (χ4n) is 4.90. The third-order valence-electron chi connectivity index (χ3n) is 6.81. The minimum atomic E-state index is -0.902. The van der Waals surface area contributed by atoms with Gasteiger partial charge in [0.15, 0.2) is 0 Å². The van der Waals surface area contributed by atoms with Crippen LogP contribution in [0.4, 0.5) is 0 Å². The number of pyridine rings is 1. The lowest BCUT2D eigenvalue weighted by molar-refractivity contribution is -0.150. The summed E-state index contributed by atoms with van der Waals surface area (Å²) in [5.74, 6) is 1.62. The van der Waals surface area contributed by atoms with Gasteiger partial charge in [0.2, 0.25) is 17.7 Å². The van der Waals surface area contributed by atoms with Gasteiger partial charge >= 0.3 is 0 Å². The van der Waals surface area contributed by atoms with Crippen LogP contribution < -0.4 is 5.32 Å². The molecular weight excluding hydrogens is 432 g/mol. The molecule has 2 saturated heterocycles. The topological polar surface area (TPSA) is 100 Å². The molecule has 182 valence electrons. The Labute approximate surface area is 200 Å². The van der Waals surface area contributed by atoms with E-state index in [1.54, 1.807) is 24.9 Å². The molecule has 34 heavy (non-hydrogen) atoms. The van der Waals surface area contributed by atoms with Crippen molar-refractivity contribution in [1.29, 1.82) is 0 Å². The Balaban J connectivity index is 1.44. The first-order valence-corrected chi connectivity index (χ1v) is 12.1. The molecule has 4 rings (SSSR count). The van der Waals surface area contributed by atoms with E-state index in [2.05, 4.69) is 24.1 Å². The number of rotatable bonds is 6. The smallest absolute Gasteiger partial charge is 0.245 e. The first-order valence-electron chi connectivity index (χ1n) is 12.1. The van der Waals surface area contributed by atoms with Crippen LogP contribution in [0.3, 0.4) is 0 Å². The van der Waals surface area contributed by atoms with Gasteiger partial charge in [0, 0.05) is 50.8 Å². The number of amides is 3. The molecule has 3 amide bonds. The minimum Gasteiger partial charge on any atom is -0.352 e. The second-order valence-corrected chi connectivity index (χ2v) is 9.84. The number of hydrogen-bond acceptors (Lipinski definition) is 5. The third-order valence-corrected chi connectivity index (χ3v) is 6.81. The van der Waals surface area contributed by atoms with Gasteiger partial charge in [-0.05, 0) is 38.8 Å². The van der Waals surface area contributed by atoms with Crippen LogP contribution in [0, 0.1) is 0 Å². The average molecular weight is 467 g/mol. The van der Waals surface area contributed by atoms with Gasteiger partial charge in [-0.25, -0.2) is 9.97 Å². The lowest BCUT2D eigenvalue weighted by Gasteiger charge is -2.41. The van der Waals surface area contributed by atoms with Crippen LogP contribution in [0.5, 0.6) is 0 Å². The molecule has 2 aromatic rings. The van der Waals surface area contributed by atoms with E-state index in [-0.39, 0.29) is 42.5 Å². The Morgan fingerprint density at radius 3 is 2.71 bits per heavy atom. The molecule has 2 aliphatic heterocycles. The fraction of sp³-hybridized carbons (Fsp3) is 0.560. The molecule has 0 radical (unpaired) electrons. The van der Waals surface area contributed by atoms with Crippen molar-refractivity contribution in [3.05, 3.63) is 42.1 Å². The van der Waals surface area contributed by atoms with Crippen LogP contribution in [-0.4, -0.2) is 67.2 Å². The van der Waals surface area contributed by atoms with E-state index in [0.29, 0.717) is 19.6 Å². The predicted octanol–water partition coefficient (Wildman–Crippen LogP) is 2.57. The van der Waals surface area contributed by atoms with Gasteiger partial charge in [-0.1, -0.05) is 19.9 Å². The molecule has 0 spiro atoms. The van der Waals surface area contributed by atoms with Crippen molar-refractivity contribution in [1.82, 2.24) is 29.7 Å². The van der Waals surface area contributed by atoms with E-state index >= 15 is 0 Å². The first-order chi connectivity index (χ1) is 16.2. The lowest BCUT2D eigenvalue weighted by atomic mass is 9.98. The van der Waals surface area contributed by atoms with Gasteiger partial charge in [-0.3, -0.25) is 19.0 Å². The quantitative estimate of drug-likeness (QED) is 0.705. The Hall–Kier alpha value is -3.23. The molecule has 0 bridgehead atoms. The highest BCUT2D eigenvalue weighted by atomic mass is 16.2. The van der Waals surface area contributed by atoms with Crippen LogP contribution in [0.2, 0.25) is 0 Å². The number of carbonyl (C=O) groups excluding carboxylic acids is 3. The van der Waals surface area contributed by atoms with E-state index in [1.165, 1.54) is 0 Å². The summed E-state index contributed by atoms with van der Waals surface area (Å²) in [5.41, 5.74) is -0.0481. The van der Waals surface area contributed by atoms with Crippen LogP contribution in [0.25, 0.3) is 5.82 Å². The molecule has 0 aromatic carbocycles. The van der Waals surface area contributed by atoms with Crippen molar-refractivity contribution in [2.75, 3.05) is 19.6 Å². The number of nitrogens with one attached hydrogen (secondary N) is 1. The number of hydrogen-bond donors (Lipinski definition) is 1. The van der Waals surface area contributed by atoms with Gasteiger partial charge in [-0.2, -0.15) is 0 Å². The Bertz CT molecular complexity index is 1080. The molecular formula is C25H34N6O3. The zero-order valence-corrected chi connectivity index (χ0v) is 20.5. The van der Waals surface area contributed by atoms with Crippen molar-refractivity contribution >= 4 is 17.7 Å². The van der Waals surface area contributed by atoms with E-state index in [1.807, 2.05) is 33.9 Å². The van der Waals surface area contributed by atoms with Crippen LogP contribution in [0.15, 0.2) is 30.6 Å². The summed E-state index contributed by atoms with van der Waals surface area (Å²) in [6.45, 7) is 9.22. The number of nitrogens with zero attached hydrogens (tertiary/aromatic N) is 5. The third kappa shape index (κ3) is 4.56. The molecule has 2 aliphatic rings. The molecule has 1 N–H and O–H groups in total. The molecule has 4 heterocycles. The Morgan fingerprint density at radius 1 is 1.18 bits per heavy atom. The standard InChI is InChI=1S/C25H34N6O3/c1-17(2)23-26-12-15-30(23)20-9-5-7-18(28-20)19-8-6-14-29(19)21(32)10-11-22(33)31-16-13-27-24(34)25(31,3)4/h5,7,9,12,15,17,19H,6,8,10-11,13-14,16H2,1-4H3,(H,27,34)/t19-/m1/s1. The Morgan fingerprint density at radius 2 is 1.94 bits per heavy atom. The zero-order chi connectivity index (χ0) is 24.5. The highest BCUT2D eigenvalue weighted by Crippen LogP contribution is 2.32. The normalized spacial score (nSPS) is 20.0. The van der Waals surface area contributed by atoms with Gasteiger partial charge in [0.05, 0.1) is 11.7 Å².